The van der Waals surface area contributed by atoms with Gasteiger partial charge in [0.05, 0.1) is 19.0 Å². The third kappa shape index (κ3) is 4.31. The number of nitrogens with one attached hydrogen (secondary N) is 3. The number of furan rings is 1. The maximum absolute atomic E-state index is 14.5. The molecule has 0 saturated carbocycles. The SMILES string of the molecule is COC(=O)c1cc2cc(Nc3ncc(F)c(Nc4ccc5c(c4)NC(=O)C(C)(C)O5)n3)ccc2o1. The van der Waals surface area contributed by atoms with Crippen LogP contribution in [0.1, 0.15) is 24.4 Å². The molecule has 4 aromatic rings. The molecule has 10 nitrogen and oxygen atoms in total. The Bertz CT molecular complexity index is 1480. The van der Waals surface area contributed by atoms with Crippen LogP contribution in [-0.4, -0.2) is 34.6 Å². The van der Waals surface area contributed by atoms with Gasteiger partial charge < -0.3 is 29.8 Å². The van der Waals surface area contributed by atoms with E-state index in [1.807, 2.05) is 0 Å². The summed E-state index contributed by atoms with van der Waals surface area (Å²) in [5.74, 6) is -0.859. The Kier molecular flexibility index (Phi) is 5.24. The van der Waals surface area contributed by atoms with Crippen molar-refractivity contribution in [3.8, 4) is 5.75 Å². The number of methoxy groups -OCH3 is 1. The van der Waals surface area contributed by atoms with Crippen molar-refractivity contribution in [1.29, 1.82) is 0 Å². The van der Waals surface area contributed by atoms with Crippen molar-refractivity contribution < 1.29 is 27.9 Å². The lowest BCUT2D eigenvalue weighted by Gasteiger charge is -2.31. The van der Waals surface area contributed by atoms with Gasteiger partial charge in [0.15, 0.2) is 17.2 Å². The van der Waals surface area contributed by atoms with Crippen molar-refractivity contribution >= 4 is 51.7 Å². The molecule has 0 aliphatic carbocycles. The largest absolute Gasteiger partial charge is 0.476 e. The molecule has 1 aliphatic rings. The molecule has 11 heteroatoms. The first-order valence-corrected chi connectivity index (χ1v) is 10.5. The minimum Gasteiger partial charge on any atom is -0.476 e. The van der Waals surface area contributed by atoms with Gasteiger partial charge in [0.25, 0.3) is 5.91 Å². The van der Waals surface area contributed by atoms with Gasteiger partial charge in [-0.25, -0.2) is 14.2 Å². The zero-order chi connectivity index (χ0) is 24.7. The standard InChI is InChI=1S/C24H20FN5O5/c1-24(2)22(32)29-16-10-14(5-7-18(16)35-24)27-20-15(25)11-26-23(30-20)28-13-4-6-17-12(8-13)9-19(34-17)21(31)33-3/h4-11H,1-3H3,(H,29,32)(H2,26,27,28,30). The van der Waals surface area contributed by atoms with E-state index in [2.05, 4.69) is 30.7 Å². The molecular weight excluding hydrogens is 457 g/mol. The van der Waals surface area contributed by atoms with Crippen LogP contribution in [0.15, 0.2) is 53.1 Å². The van der Waals surface area contributed by atoms with Crippen molar-refractivity contribution in [3.05, 3.63) is 60.2 Å². The second-order valence-corrected chi connectivity index (χ2v) is 8.27. The molecule has 3 N–H and O–H groups in total. The molecule has 2 aromatic carbocycles. The zero-order valence-corrected chi connectivity index (χ0v) is 18.9. The quantitative estimate of drug-likeness (QED) is 0.349. The van der Waals surface area contributed by atoms with E-state index in [4.69, 9.17) is 9.15 Å². The summed E-state index contributed by atoms with van der Waals surface area (Å²) >= 11 is 0. The van der Waals surface area contributed by atoms with Gasteiger partial charge >= 0.3 is 5.97 Å². The van der Waals surface area contributed by atoms with Gasteiger partial charge in [-0.15, -0.1) is 0 Å². The van der Waals surface area contributed by atoms with E-state index in [9.17, 15) is 14.0 Å². The first kappa shape index (κ1) is 22.1. The van der Waals surface area contributed by atoms with E-state index in [-0.39, 0.29) is 23.4 Å². The molecule has 3 heterocycles. The van der Waals surface area contributed by atoms with Crippen LogP contribution >= 0.6 is 0 Å². The Morgan fingerprint density at radius 3 is 2.69 bits per heavy atom. The Labute approximate surface area is 198 Å². The highest BCUT2D eigenvalue weighted by Gasteiger charge is 2.35. The fourth-order valence-electron chi connectivity index (χ4n) is 3.49. The van der Waals surface area contributed by atoms with E-state index < -0.39 is 17.4 Å². The summed E-state index contributed by atoms with van der Waals surface area (Å²) in [5.41, 5.74) is 1.08. The van der Waals surface area contributed by atoms with Crippen LogP contribution in [-0.2, 0) is 9.53 Å². The molecule has 0 atom stereocenters. The average molecular weight is 477 g/mol. The van der Waals surface area contributed by atoms with E-state index in [1.165, 1.54) is 7.11 Å². The number of carbonyl (C=O) groups is 2. The van der Waals surface area contributed by atoms with Crippen LogP contribution in [0.4, 0.5) is 33.2 Å². The summed E-state index contributed by atoms with van der Waals surface area (Å²) in [7, 11) is 1.27. The van der Waals surface area contributed by atoms with Gasteiger partial charge in [0.2, 0.25) is 11.7 Å². The molecule has 0 radical (unpaired) electrons. The van der Waals surface area contributed by atoms with E-state index in [0.29, 0.717) is 33.8 Å². The fourth-order valence-corrected chi connectivity index (χ4v) is 3.49. The minimum atomic E-state index is -0.984. The third-order valence-corrected chi connectivity index (χ3v) is 5.31. The molecule has 1 amide bonds. The van der Waals surface area contributed by atoms with Crippen molar-refractivity contribution in [1.82, 2.24) is 9.97 Å². The highest BCUT2D eigenvalue weighted by molar-refractivity contribution is 6.00. The van der Waals surface area contributed by atoms with Crippen LogP contribution in [0, 0.1) is 5.82 Å². The molecule has 5 rings (SSSR count). The highest BCUT2D eigenvalue weighted by Crippen LogP contribution is 2.36. The number of ether oxygens (including phenoxy) is 2. The number of amides is 1. The maximum atomic E-state index is 14.5. The topological polar surface area (TPSA) is 128 Å². The Balaban J connectivity index is 1.36. The van der Waals surface area contributed by atoms with Crippen LogP contribution in [0.5, 0.6) is 5.75 Å². The lowest BCUT2D eigenvalue weighted by molar-refractivity contribution is -0.129. The van der Waals surface area contributed by atoms with E-state index in [1.54, 1.807) is 56.3 Å². The Morgan fingerprint density at radius 2 is 1.89 bits per heavy atom. The molecule has 0 unspecified atom stereocenters. The number of carbonyl (C=O) groups excluding carboxylic acids is 2. The number of benzene rings is 2. The van der Waals surface area contributed by atoms with Crippen molar-refractivity contribution in [2.45, 2.75) is 19.4 Å². The second-order valence-electron chi connectivity index (χ2n) is 8.27. The number of nitrogens with zero attached hydrogens (tertiary/aromatic N) is 2. The average Bonchev–Trinajstić information content (AvgIpc) is 3.25. The van der Waals surface area contributed by atoms with Crippen molar-refractivity contribution in [3.63, 3.8) is 0 Å². The number of anilines is 5. The van der Waals surface area contributed by atoms with Gasteiger partial charge in [-0.05, 0) is 56.3 Å². The predicted molar refractivity (Wildman–Crippen MR) is 126 cm³/mol. The van der Waals surface area contributed by atoms with Crippen LogP contribution in [0.3, 0.4) is 0 Å². The first-order chi connectivity index (χ1) is 16.7. The lowest BCUT2D eigenvalue weighted by atomic mass is 10.1. The number of aromatic nitrogens is 2. The summed E-state index contributed by atoms with van der Waals surface area (Å²) in [6, 6.07) is 11.7. The van der Waals surface area contributed by atoms with Gasteiger partial charge in [-0.1, -0.05) is 0 Å². The molecule has 2 aromatic heterocycles. The normalized spacial score (nSPS) is 14.0. The van der Waals surface area contributed by atoms with E-state index in [0.717, 1.165) is 6.20 Å². The number of hydrogen-bond donors (Lipinski definition) is 3. The summed E-state index contributed by atoms with van der Waals surface area (Å²) < 4.78 is 30.3. The van der Waals surface area contributed by atoms with Crippen LogP contribution < -0.4 is 20.7 Å². The molecule has 0 bridgehead atoms. The van der Waals surface area contributed by atoms with E-state index >= 15 is 0 Å². The minimum absolute atomic E-state index is 0.0665. The molecular formula is C24H20FN5O5. The number of hydrogen-bond acceptors (Lipinski definition) is 9. The Hall–Kier alpha value is -4.67. The van der Waals surface area contributed by atoms with Gasteiger partial charge in [0, 0.05) is 16.8 Å². The maximum Gasteiger partial charge on any atom is 0.373 e. The second kappa shape index (κ2) is 8.28. The van der Waals surface area contributed by atoms with Crippen molar-refractivity contribution in [2.24, 2.45) is 0 Å². The summed E-state index contributed by atoms with van der Waals surface area (Å²) in [6.07, 6.45) is 1.04. The van der Waals surface area contributed by atoms with Gasteiger partial charge in [-0.2, -0.15) is 4.98 Å². The van der Waals surface area contributed by atoms with Crippen LogP contribution in [0.25, 0.3) is 11.0 Å². The smallest absolute Gasteiger partial charge is 0.373 e. The molecule has 178 valence electrons. The highest BCUT2D eigenvalue weighted by atomic mass is 19.1. The van der Waals surface area contributed by atoms with Gasteiger partial charge in [-0.3, -0.25) is 4.79 Å². The number of rotatable bonds is 5. The summed E-state index contributed by atoms with van der Waals surface area (Å²) in [5, 5.41) is 9.35. The summed E-state index contributed by atoms with van der Waals surface area (Å²) in [6.45, 7) is 3.34. The van der Waals surface area contributed by atoms with Crippen molar-refractivity contribution in [2.75, 3.05) is 23.1 Å². The predicted octanol–water partition coefficient (Wildman–Crippen LogP) is 4.75. The third-order valence-electron chi connectivity index (χ3n) is 5.31. The summed E-state index contributed by atoms with van der Waals surface area (Å²) in [4.78, 5) is 32.1. The number of halogens is 1. The Morgan fingerprint density at radius 1 is 1.11 bits per heavy atom. The fraction of sp³-hybridized carbons (Fsp3) is 0.167. The molecule has 0 saturated heterocycles. The molecule has 0 spiro atoms. The molecule has 1 aliphatic heterocycles. The molecule has 35 heavy (non-hydrogen) atoms. The first-order valence-electron chi connectivity index (χ1n) is 10.5. The monoisotopic (exact) mass is 477 g/mol. The van der Waals surface area contributed by atoms with Crippen LogP contribution in [0.2, 0.25) is 0 Å². The number of fused-ring (bicyclic) bond motifs is 2. The zero-order valence-electron chi connectivity index (χ0n) is 18.9. The lowest BCUT2D eigenvalue weighted by Crippen LogP contribution is -2.45. The number of esters is 1. The molecule has 0 fully saturated rings. The van der Waals surface area contributed by atoms with Gasteiger partial charge in [0.1, 0.15) is 11.3 Å².